The number of carbonyl (C=O) groups is 4. The minimum Gasteiger partial charge on any atom is -0.459 e. The van der Waals surface area contributed by atoms with Gasteiger partial charge in [-0.1, -0.05) is 54.6 Å². The molecule has 176 valence electrons. The topological polar surface area (TPSA) is 105 Å². The van der Waals surface area contributed by atoms with Crippen molar-refractivity contribution in [3.63, 3.8) is 0 Å². The second-order valence-electron chi connectivity index (χ2n) is 7.39. The van der Waals surface area contributed by atoms with E-state index in [9.17, 15) is 19.2 Å². The molecule has 2 atom stereocenters. The number of rotatable bonds is 7. The molecule has 0 bridgehead atoms. The minimum absolute atomic E-state index is 0.202. The largest absolute Gasteiger partial charge is 0.459 e. The Bertz CT molecular complexity index is 1240. The van der Waals surface area contributed by atoms with Gasteiger partial charge in [0.25, 0.3) is 12.1 Å². The first-order valence-corrected chi connectivity index (χ1v) is 10.7. The maximum absolute atomic E-state index is 12.9. The Kier molecular flexibility index (Phi) is 7.44. The molecule has 0 unspecified atom stereocenters. The molecule has 1 aliphatic rings. The Labute approximate surface area is 200 Å². The standard InChI is InChI=1S/C27H20O8/c28-23-22(34-25(30)19-12-6-2-7-13-19)16-21(17-32-24(29)18-10-4-1-5-11-18)33-27(23)35-26(31)20-14-8-3-9-15-20/h1-16,21,27H,17H2/t21-,27+/m1/s1. The highest BCUT2D eigenvalue weighted by atomic mass is 16.7. The molecular formula is C27H20O8. The third-order valence-electron chi connectivity index (χ3n) is 4.92. The maximum Gasteiger partial charge on any atom is 0.343 e. The zero-order valence-corrected chi connectivity index (χ0v) is 18.4. The molecule has 0 saturated carbocycles. The smallest absolute Gasteiger partial charge is 0.343 e. The summed E-state index contributed by atoms with van der Waals surface area (Å²) in [6.07, 6.45) is -1.51. The van der Waals surface area contributed by atoms with E-state index in [0.717, 1.165) is 0 Å². The number of ketones is 1. The van der Waals surface area contributed by atoms with Gasteiger partial charge in [-0.05, 0) is 42.5 Å². The van der Waals surface area contributed by atoms with Gasteiger partial charge in [-0.15, -0.1) is 0 Å². The summed E-state index contributed by atoms with van der Waals surface area (Å²) in [7, 11) is 0. The molecule has 0 amide bonds. The van der Waals surface area contributed by atoms with Crippen molar-refractivity contribution in [2.45, 2.75) is 12.4 Å². The van der Waals surface area contributed by atoms with Crippen LogP contribution in [0.2, 0.25) is 0 Å². The van der Waals surface area contributed by atoms with Crippen LogP contribution in [0.15, 0.2) is 103 Å². The number of ether oxygens (including phenoxy) is 4. The summed E-state index contributed by atoms with van der Waals surface area (Å²) >= 11 is 0. The molecule has 0 fully saturated rings. The maximum atomic E-state index is 12.9. The quantitative estimate of drug-likeness (QED) is 0.378. The Balaban J connectivity index is 1.51. The van der Waals surface area contributed by atoms with E-state index in [-0.39, 0.29) is 23.5 Å². The van der Waals surface area contributed by atoms with E-state index in [1.54, 1.807) is 66.7 Å². The van der Waals surface area contributed by atoms with Gasteiger partial charge in [0.2, 0.25) is 0 Å². The van der Waals surface area contributed by atoms with Crippen LogP contribution in [0.25, 0.3) is 0 Å². The van der Waals surface area contributed by atoms with Gasteiger partial charge in [0.1, 0.15) is 12.7 Å². The van der Waals surface area contributed by atoms with Crippen molar-refractivity contribution in [3.05, 3.63) is 120 Å². The third kappa shape index (κ3) is 6.07. The van der Waals surface area contributed by atoms with Gasteiger partial charge >= 0.3 is 17.9 Å². The highest BCUT2D eigenvalue weighted by Crippen LogP contribution is 2.21. The van der Waals surface area contributed by atoms with Crippen LogP contribution in [-0.2, 0) is 23.7 Å². The predicted molar refractivity (Wildman–Crippen MR) is 122 cm³/mol. The summed E-state index contributed by atoms with van der Waals surface area (Å²) < 4.78 is 21.4. The van der Waals surface area contributed by atoms with Gasteiger partial charge in [0.05, 0.1) is 16.7 Å². The average molecular weight is 472 g/mol. The van der Waals surface area contributed by atoms with Crippen molar-refractivity contribution >= 4 is 23.7 Å². The van der Waals surface area contributed by atoms with Crippen molar-refractivity contribution in [3.8, 4) is 0 Å². The summed E-state index contributed by atoms with van der Waals surface area (Å²) in [5, 5.41) is 0. The van der Waals surface area contributed by atoms with Crippen molar-refractivity contribution in [2.75, 3.05) is 6.61 Å². The lowest BCUT2D eigenvalue weighted by molar-refractivity contribution is -0.171. The molecule has 1 heterocycles. The monoisotopic (exact) mass is 472 g/mol. The van der Waals surface area contributed by atoms with E-state index in [1.165, 1.54) is 30.3 Å². The molecule has 0 saturated heterocycles. The van der Waals surface area contributed by atoms with E-state index in [0.29, 0.717) is 5.56 Å². The SMILES string of the molecule is O=C(OC[C@H]1C=C(OC(=O)c2ccccc2)C(=O)[C@H](OC(=O)c2ccccc2)O1)c1ccccc1. The van der Waals surface area contributed by atoms with E-state index >= 15 is 0 Å². The molecule has 3 aromatic carbocycles. The van der Waals surface area contributed by atoms with Crippen molar-refractivity contribution < 1.29 is 38.1 Å². The summed E-state index contributed by atoms with van der Waals surface area (Å²) in [5.41, 5.74) is 0.747. The minimum atomic E-state index is -1.70. The van der Waals surface area contributed by atoms with Gasteiger partial charge in [-0.25, -0.2) is 14.4 Å². The van der Waals surface area contributed by atoms with Crippen molar-refractivity contribution in [1.29, 1.82) is 0 Å². The van der Waals surface area contributed by atoms with Crippen LogP contribution in [0.3, 0.4) is 0 Å². The zero-order chi connectivity index (χ0) is 24.6. The number of benzene rings is 3. The van der Waals surface area contributed by atoms with Crippen molar-refractivity contribution in [1.82, 2.24) is 0 Å². The van der Waals surface area contributed by atoms with Crippen LogP contribution in [0.4, 0.5) is 0 Å². The number of Topliss-reactive ketones (excluding diaryl/α,β-unsaturated/α-hetero) is 1. The summed E-state index contributed by atoms with van der Waals surface area (Å²) in [4.78, 5) is 50.2. The Morgan fingerprint density at radius 1 is 0.686 bits per heavy atom. The fraction of sp³-hybridized carbons (Fsp3) is 0.111. The Hall–Kier alpha value is -4.56. The van der Waals surface area contributed by atoms with Gasteiger partial charge in [-0.2, -0.15) is 0 Å². The zero-order valence-electron chi connectivity index (χ0n) is 18.4. The molecule has 8 heteroatoms. The molecule has 0 N–H and O–H groups in total. The molecule has 3 aromatic rings. The van der Waals surface area contributed by atoms with Gasteiger partial charge in [0.15, 0.2) is 5.76 Å². The molecule has 0 spiro atoms. The molecule has 8 nitrogen and oxygen atoms in total. The highest BCUT2D eigenvalue weighted by molar-refractivity contribution is 6.02. The fourth-order valence-corrected chi connectivity index (χ4v) is 3.17. The second-order valence-corrected chi connectivity index (χ2v) is 7.39. The van der Waals surface area contributed by atoms with Crippen LogP contribution in [-0.4, -0.2) is 42.7 Å². The second kappa shape index (κ2) is 11.0. The van der Waals surface area contributed by atoms with Gasteiger partial charge < -0.3 is 18.9 Å². The first kappa shape index (κ1) is 23.6. The lowest BCUT2D eigenvalue weighted by Crippen LogP contribution is -2.41. The number of esters is 3. The molecule has 1 aliphatic heterocycles. The van der Waals surface area contributed by atoms with Crippen LogP contribution >= 0.6 is 0 Å². The highest BCUT2D eigenvalue weighted by Gasteiger charge is 2.37. The van der Waals surface area contributed by atoms with E-state index in [1.807, 2.05) is 0 Å². The average Bonchev–Trinajstić information content (AvgIpc) is 2.91. The van der Waals surface area contributed by atoms with E-state index < -0.39 is 36.1 Å². The summed E-state index contributed by atoms with van der Waals surface area (Å²) in [5.74, 6) is -3.43. The summed E-state index contributed by atoms with van der Waals surface area (Å²) in [6.45, 7) is -0.313. The molecule has 0 radical (unpaired) electrons. The fourth-order valence-electron chi connectivity index (χ4n) is 3.17. The van der Waals surface area contributed by atoms with Crippen LogP contribution < -0.4 is 0 Å². The summed E-state index contributed by atoms with van der Waals surface area (Å²) in [6, 6.07) is 24.4. The van der Waals surface area contributed by atoms with Gasteiger partial charge in [0, 0.05) is 0 Å². The van der Waals surface area contributed by atoms with Crippen LogP contribution in [0.1, 0.15) is 31.1 Å². The number of hydrogen-bond acceptors (Lipinski definition) is 8. The lowest BCUT2D eigenvalue weighted by Gasteiger charge is -2.27. The van der Waals surface area contributed by atoms with E-state index in [4.69, 9.17) is 18.9 Å². The van der Waals surface area contributed by atoms with Crippen LogP contribution in [0.5, 0.6) is 0 Å². The number of hydrogen-bond donors (Lipinski definition) is 0. The van der Waals surface area contributed by atoms with E-state index in [2.05, 4.69) is 0 Å². The Morgan fingerprint density at radius 2 is 1.17 bits per heavy atom. The lowest BCUT2D eigenvalue weighted by atomic mass is 10.1. The van der Waals surface area contributed by atoms with Crippen LogP contribution in [0, 0.1) is 0 Å². The molecule has 4 rings (SSSR count). The first-order valence-electron chi connectivity index (χ1n) is 10.7. The molecule has 0 aromatic heterocycles. The Morgan fingerprint density at radius 3 is 1.71 bits per heavy atom. The molecule has 0 aliphatic carbocycles. The van der Waals surface area contributed by atoms with Gasteiger partial charge in [-0.3, -0.25) is 4.79 Å². The normalized spacial score (nSPS) is 17.1. The number of carbonyl (C=O) groups excluding carboxylic acids is 4. The first-order chi connectivity index (χ1) is 17.0. The molecule has 35 heavy (non-hydrogen) atoms. The molecular weight excluding hydrogens is 452 g/mol. The van der Waals surface area contributed by atoms with Crippen molar-refractivity contribution in [2.24, 2.45) is 0 Å². The third-order valence-corrected chi connectivity index (χ3v) is 4.92. The predicted octanol–water partition coefficient (Wildman–Crippen LogP) is 3.74.